The summed E-state index contributed by atoms with van der Waals surface area (Å²) in [6, 6.07) is 15.0. The Hall–Kier alpha value is -4.53. The molecule has 2 N–H and O–H groups in total. The number of hydrogen-bond acceptors (Lipinski definition) is 7. The number of nitrogens with zero attached hydrogens (tertiary/aromatic N) is 2. The summed E-state index contributed by atoms with van der Waals surface area (Å²) in [5, 5.41) is 20.0. The average molecular weight is 476 g/mol. The number of aromatic hydroxyl groups is 1. The fourth-order valence-corrected chi connectivity index (χ4v) is 3.88. The van der Waals surface area contributed by atoms with Gasteiger partial charge in [0.15, 0.2) is 12.4 Å². The monoisotopic (exact) mass is 476 g/mol. The van der Waals surface area contributed by atoms with Gasteiger partial charge in [0.2, 0.25) is 5.88 Å². The minimum absolute atomic E-state index is 0.0694. The van der Waals surface area contributed by atoms with Crippen LogP contribution in [0.1, 0.15) is 27.2 Å². The molecular weight excluding hydrogens is 452 g/mol. The van der Waals surface area contributed by atoms with Gasteiger partial charge in [-0.3, -0.25) is 4.79 Å². The van der Waals surface area contributed by atoms with Gasteiger partial charge in [-0.25, -0.2) is 4.79 Å². The van der Waals surface area contributed by atoms with E-state index in [-0.39, 0.29) is 23.8 Å². The van der Waals surface area contributed by atoms with Gasteiger partial charge in [-0.05, 0) is 49.4 Å². The number of ketones is 1. The standard InChI is InChI=1S/C26H24N2O7/c1-15-24(25(32)16-4-7-18(33-2)8-5-16)20-10-11-22(34-3)27-26(20)28(15)13-17-6-9-19(12-21(17)29)35-14-23(30)31/h4-12,29H,13-14H2,1-3H3,(H,30,31). The molecule has 0 amide bonds. The van der Waals surface area contributed by atoms with Crippen LogP contribution in [0, 0.1) is 6.92 Å². The Morgan fingerprint density at radius 3 is 2.31 bits per heavy atom. The summed E-state index contributed by atoms with van der Waals surface area (Å²) in [5.74, 6) is -0.0720. The minimum Gasteiger partial charge on any atom is -0.507 e. The molecule has 9 nitrogen and oxygen atoms in total. The highest BCUT2D eigenvalue weighted by Crippen LogP contribution is 2.32. The molecule has 9 heteroatoms. The third kappa shape index (κ3) is 4.74. The highest BCUT2D eigenvalue weighted by molar-refractivity contribution is 6.17. The third-order valence-corrected chi connectivity index (χ3v) is 5.68. The lowest BCUT2D eigenvalue weighted by Gasteiger charge is -2.12. The summed E-state index contributed by atoms with van der Waals surface area (Å²) >= 11 is 0. The number of fused-ring (bicyclic) bond motifs is 1. The first-order chi connectivity index (χ1) is 16.8. The number of carbonyl (C=O) groups is 2. The molecule has 0 saturated carbocycles. The van der Waals surface area contributed by atoms with Crippen LogP contribution in [-0.4, -0.2) is 52.3 Å². The molecule has 0 aliphatic rings. The number of ether oxygens (including phenoxy) is 3. The van der Waals surface area contributed by atoms with E-state index in [2.05, 4.69) is 4.98 Å². The Bertz CT molecular complexity index is 1410. The van der Waals surface area contributed by atoms with E-state index in [4.69, 9.17) is 19.3 Å². The quantitative estimate of drug-likeness (QED) is 0.350. The Morgan fingerprint density at radius 2 is 1.69 bits per heavy atom. The van der Waals surface area contributed by atoms with Crippen LogP contribution in [0.2, 0.25) is 0 Å². The summed E-state index contributed by atoms with van der Waals surface area (Å²) < 4.78 is 17.5. The maximum atomic E-state index is 13.5. The molecule has 0 fully saturated rings. The molecule has 0 spiro atoms. The van der Waals surface area contributed by atoms with Crippen LogP contribution in [0.25, 0.3) is 11.0 Å². The van der Waals surface area contributed by atoms with Gasteiger partial charge in [-0.2, -0.15) is 4.98 Å². The molecule has 180 valence electrons. The second-order valence-electron chi connectivity index (χ2n) is 7.80. The van der Waals surface area contributed by atoms with Crippen LogP contribution in [0.5, 0.6) is 23.1 Å². The van der Waals surface area contributed by atoms with E-state index in [1.165, 1.54) is 13.2 Å². The van der Waals surface area contributed by atoms with Gasteiger partial charge in [0.25, 0.3) is 0 Å². The molecule has 0 unspecified atom stereocenters. The lowest BCUT2D eigenvalue weighted by Crippen LogP contribution is -2.09. The minimum atomic E-state index is -1.11. The molecular formula is C26H24N2O7. The Labute approximate surface area is 201 Å². The molecule has 0 saturated heterocycles. The zero-order valence-electron chi connectivity index (χ0n) is 19.4. The number of aromatic nitrogens is 2. The Balaban J connectivity index is 1.77. The molecule has 2 aromatic heterocycles. The van der Waals surface area contributed by atoms with Crippen LogP contribution in [0.4, 0.5) is 0 Å². The van der Waals surface area contributed by atoms with E-state index in [9.17, 15) is 14.7 Å². The normalized spacial score (nSPS) is 10.8. The number of carboxylic acid groups (broad SMARTS) is 1. The number of benzene rings is 2. The lowest BCUT2D eigenvalue weighted by molar-refractivity contribution is -0.139. The predicted molar refractivity (Wildman–Crippen MR) is 128 cm³/mol. The summed E-state index contributed by atoms with van der Waals surface area (Å²) in [6.45, 7) is 1.52. The van der Waals surface area contributed by atoms with Crippen molar-refractivity contribution in [3.05, 3.63) is 77.0 Å². The smallest absolute Gasteiger partial charge is 0.341 e. The summed E-state index contributed by atoms with van der Waals surface area (Å²) in [5.41, 5.74) is 2.75. The molecule has 4 rings (SSSR count). The van der Waals surface area contributed by atoms with Gasteiger partial charge < -0.3 is 29.0 Å². The van der Waals surface area contributed by atoms with Crippen LogP contribution < -0.4 is 14.2 Å². The first kappa shape index (κ1) is 23.6. The van der Waals surface area contributed by atoms with Gasteiger partial charge >= 0.3 is 5.97 Å². The Morgan fingerprint density at radius 1 is 0.971 bits per heavy atom. The number of phenols is 1. The zero-order valence-corrected chi connectivity index (χ0v) is 19.4. The van der Waals surface area contributed by atoms with Gasteiger partial charge in [0.05, 0.1) is 26.3 Å². The number of methoxy groups -OCH3 is 2. The van der Waals surface area contributed by atoms with Crippen LogP contribution in [0.3, 0.4) is 0 Å². The summed E-state index contributed by atoms with van der Waals surface area (Å²) in [7, 11) is 3.08. The highest BCUT2D eigenvalue weighted by Gasteiger charge is 2.23. The number of rotatable bonds is 9. The summed E-state index contributed by atoms with van der Waals surface area (Å²) in [6.07, 6.45) is 0. The molecule has 35 heavy (non-hydrogen) atoms. The molecule has 2 heterocycles. The van der Waals surface area contributed by atoms with Crippen molar-refractivity contribution in [2.45, 2.75) is 13.5 Å². The van der Waals surface area contributed by atoms with Crippen molar-refractivity contribution in [2.24, 2.45) is 0 Å². The van der Waals surface area contributed by atoms with Crippen LogP contribution in [-0.2, 0) is 11.3 Å². The van der Waals surface area contributed by atoms with Gasteiger partial charge in [-0.15, -0.1) is 0 Å². The largest absolute Gasteiger partial charge is 0.507 e. The van der Waals surface area contributed by atoms with Crippen molar-refractivity contribution in [1.29, 1.82) is 0 Å². The van der Waals surface area contributed by atoms with E-state index in [0.29, 0.717) is 45.0 Å². The SMILES string of the molecule is COc1ccc(C(=O)c2c(C)n(Cc3ccc(OCC(=O)O)cc3O)c3nc(OC)ccc23)cc1. The second-order valence-corrected chi connectivity index (χ2v) is 7.80. The maximum absolute atomic E-state index is 13.5. The first-order valence-corrected chi connectivity index (χ1v) is 10.7. The second kappa shape index (κ2) is 9.76. The number of hydrogen-bond donors (Lipinski definition) is 2. The van der Waals surface area contributed by atoms with Crippen molar-refractivity contribution in [1.82, 2.24) is 9.55 Å². The number of carboxylic acids is 1. The van der Waals surface area contributed by atoms with E-state index in [0.717, 1.165) is 0 Å². The van der Waals surface area contributed by atoms with Crippen LogP contribution in [0.15, 0.2) is 54.6 Å². The van der Waals surface area contributed by atoms with E-state index in [1.807, 2.05) is 11.5 Å². The predicted octanol–water partition coefficient (Wildman–Crippen LogP) is 3.81. The van der Waals surface area contributed by atoms with Crippen molar-refractivity contribution in [2.75, 3.05) is 20.8 Å². The maximum Gasteiger partial charge on any atom is 0.341 e. The van der Waals surface area contributed by atoms with Crippen molar-refractivity contribution < 1.29 is 34.0 Å². The fraction of sp³-hybridized carbons (Fsp3) is 0.192. The third-order valence-electron chi connectivity index (χ3n) is 5.68. The van der Waals surface area contributed by atoms with Crippen molar-refractivity contribution in [3.8, 4) is 23.1 Å². The average Bonchev–Trinajstić information content (AvgIpc) is 3.13. The lowest BCUT2D eigenvalue weighted by atomic mass is 10.0. The zero-order chi connectivity index (χ0) is 25.1. The Kier molecular flexibility index (Phi) is 6.59. The number of phenolic OH excluding ortho intramolecular Hbond substituents is 1. The molecule has 0 aliphatic heterocycles. The van der Waals surface area contributed by atoms with Crippen molar-refractivity contribution in [3.63, 3.8) is 0 Å². The van der Waals surface area contributed by atoms with E-state index in [1.54, 1.807) is 55.6 Å². The topological polar surface area (TPSA) is 120 Å². The molecule has 2 aromatic carbocycles. The number of pyridine rings is 1. The van der Waals surface area contributed by atoms with Crippen molar-refractivity contribution >= 4 is 22.8 Å². The van der Waals surface area contributed by atoms with E-state index < -0.39 is 12.6 Å². The van der Waals surface area contributed by atoms with Crippen LogP contribution >= 0.6 is 0 Å². The number of aliphatic carboxylic acids is 1. The highest BCUT2D eigenvalue weighted by atomic mass is 16.5. The van der Waals surface area contributed by atoms with Gasteiger partial charge in [0.1, 0.15) is 22.9 Å². The number of carbonyl (C=O) groups excluding carboxylic acids is 1. The first-order valence-electron chi connectivity index (χ1n) is 10.7. The van der Waals surface area contributed by atoms with Gasteiger partial charge in [-0.1, -0.05) is 0 Å². The summed E-state index contributed by atoms with van der Waals surface area (Å²) in [4.78, 5) is 28.8. The van der Waals surface area contributed by atoms with E-state index >= 15 is 0 Å². The fourth-order valence-electron chi connectivity index (χ4n) is 3.88. The van der Waals surface area contributed by atoms with Gasteiger partial charge in [0, 0.05) is 34.3 Å². The molecule has 0 radical (unpaired) electrons. The molecule has 0 atom stereocenters. The molecule has 0 bridgehead atoms. The molecule has 4 aromatic rings. The molecule has 0 aliphatic carbocycles.